The zero-order valence-electron chi connectivity index (χ0n) is 14.9. The normalized spacial score (nSPS) is 17.0. The summed E-state index contributed by atoms with van der Waals surface area (Å²) in [4.78, 5) is 33.3. The molecule has 0 unspecified atom stereocenters. The van der Waals surface area contributed by atoms with Crippen LogP contribution in [0.25, 0.3) is 0 Å². The third-order valence-electron chi connectivity index (χ3n) is 4.32. The highest BCUT2D eigenvalue weighted by Crippen LogP contribution is 2.15. The number of hydroxylamine groups is 1. The molecule has 1 aliphatic rings. The third-order valence-corrected chi connectivity index (χ3v) is 4.32. The van der Waals surface area contributed by atoms with Gasteiger partial charge in [-0.25, -0.2) is 15.4 Å². The molecule has 2 amide bonds. The average Bonchev–Trinajstić information content (AvgIpc) is 2.67. The van der Waals surface area contributed by atoms with Gasteiger partial charge in [0.15, 0.2) is 0 Å². The highest BCUT2D eigenvalue weighted by Gasteiger charge is 2.20. The van der Waals surface area contributed by atoms with Crippen LogP contribution in [0.15, 0.2) is 12.4 Å². The summed E-state index contributed by atoms with van der Waals surface area (Å²) in [5.74, 6) is -0.0529. The van der Waals surface area contributed by atoms with E-state index in [1.165, 1.54) is 12.4 Å². The van der Waals surface area contributed by atoms with Gasteiger partial charge in [0.2, 0.25) is 11.9 Å². The second-order valence-electron chi connectivity index (χ2n) is 6.47. The molecule has 1 saturated heterocycles. The summed E-state index contributed by atoms with van der Waals surface area (Å²) < 4.78 is 0. The Hall–Kier alpha value is -2.26. The number of nitrogens with zero attached hydrogens (tertiary/aromatic N) is 3. The maximum Gasteiger partial charge on any atom is 0.254 e. The molecular weight excluding hydrogens is 338 g/mol. The molecule has 26 heavy (non-hydrogen) atoms. The Kier molecular flexibility index (Phi) is 8.23. The molecule has 0 aromatic carbocycles. The van der Waals surface area contributed by atoms with Crippen LogP contribution in [0.1, 0.15) is 55.3 Å². The summed E-state index contributed by atoms with van der Waals surface area (Å²) >= 11 is 0. The Balaban J connectivity index is 1.65. The number of amides is 2. The minimum absolute atomic E-state index is 0.213. The summed E-state index contributed by atoms with van der Waals surface area (Å²) in [5, 5.41) is 20.9. The number of unbranched alkanes of at least 4 members (excludes halogenated alkanes) is 3. The van der Waals surface area contributed by atoms with Crippen LogP contribution in [0.4, 0.5) is 5.95 Å². The van der Waals surface area contributed by atoms with Crippen molar-refractivity contribution in [3.8, 4) is 0 Å². The van der Waals surface area contributed by atoms with Crippen LogP contribution in [0, 0.1) is 0 Å². The van der Waals surface area contributed by atoms with Gasteiger partial charge in [-0.1, -0.05) is 12.8 Å². The molecule has 0 aliphatic carbocycles. The zero-order chi connectivity index (χ0) is 18.8. The molecule has 0 bridgehead atoms. The van der Waals surface area contributed by atoms with E-state index < -0.39 is 0 Å². The summed E-state index contributed by atoms with van der Waals surface area (Å²) in [7, 11) is 0. The van der Waals surface area contributed by atoms with E-state index in [0.29, 0.717) is 37.4 Å². The quantitative estimate of drug-likeness (QED) is 0.287. The molecule has 1 aromatic heterocycles. The maximum atomic E-state index is 12.1. The van der Waals surface area contributed by atoms with E-state index in [9.17, 15) is 14.7 Å². The Morgan fingerprint density at radius 3 is 2.62 bits per heavy atom. The van der Waals surface area contributed by atoms with Crippen molar-refractivity contribution in [1.29, 1.82) is 0 Å². The molecule has 0 radical (unpaired) electrons. The molecule has 2 rings (SSSR count). The number of carbonyl (C=O) groups excluding carboxylic acids is 2. The highest BCUT2D eigenvalue weighted by atomic mass is 16.5. The topological polar surface area (TPSA) is 128 Å². The van der Waals surface area contributed by atoms with Crippen LogP contribution < -0.4 is 15.7 Å². The first-order chi connectivity index (χ1) is 12.6. The van der Waals surface area contributed by atoms with Gasteiger partial charge in [0, 0.05) is 38.4 Å². The molecule has 4 N–H and O–H groups in total. The van der Waals surface area contributed by atoms with Crippen LogP contribution in [-0.4, -0.2) is 57.8 Å². The number of anilines is 1. The van der Waals surface area contributed by atoms with E-state index in [-0.39, 0.29) is 17.9 Å². The summed E-state index contributed by atoms with van der Waals surface area (Å²) in [6.07, 6.45) is 7.95. The Morgan fingerprint density at radius 2 is 1.92 bits per heavy atom. The molecule has 0 spiro atoms. The minimum Gasteiger partial charge on any atom is -0.391 e. The molecular formula is C17H27N5O4. The minimum atomic E-state index is -0.374. The standard InChI is InChI=1S/C17H27N5O4/c23-14-6-5-9-22(12-14)17-19-10-13(11-20-17)16(25)18-8-4-2-1-3-7-15(24)21-26/h10-11,14,23,26H,1-9,12H2,(H,18,25)(H,21,24)/t14-/m1/s1. The molecule has 1 fully saturated rings. The van der Waals surface area contributed by atoms with Gasteiger partial charge in [0.05, 0.1) is 11.7 Å². The van der Waals surface area contributed by atoms with Crippen LogP contribution in [0.5, 0.6) is 0 Å². The number of hydrogen-bond donors (Lipinski definition) is 4. The lowest BCUT2D eigenvalue weighted by Gasteiger charge is -2.29. The van der Waals surface area contributed by atoms with Crippen LogP contribution >= 0.6 is 0 Å². The van der Waals surface area contributed by atoms with Gasteiger partial charge in [-0.3, -0.25) is 14.8 Å². The number of aliphatic hydroxyl groups is 1. The molecule has 1 aromatic rings. The smallest absolute Gasteiger partial charge is 0.254 e. The van der Waals surface area contributed by atoms with Crippen LogP contribution in [0.2, 0.25) is 0 Å². The van der Waals surface area contributed by atoms with Crippen molar-refractivity contribution < 1.29 is 19.9 Å². The number of carbonyl (C=O) groups is 2. The van der Waals surface area contributed by atoms with Gasteiger partial charge in [-0.2, -0.15) is 0 Å². The average molecular weight is 365 g/mol. The molecule has 144 valence electrons. The van der Waals surface area contributed by atoms with Crippen molar-refractivity contribution >= 4 is 17.8 Å². The van der Waals surface area contributed by atoms with Crippen LogP contribution in [0.3, 0.4) is 0 Å². The van der Waals surface area contributed by atoms with E-state index in [0.717, 1.165) is 38.6 Å². The largest absolute Gasteiger partial charge is 0.391 e. The van der Waals surface area contributed by atoms with Gasteiger partial charge in [-0.15, -0.1) is 0 Å². The zero-order valence-corrected chi connectivity index (χ0v) is 14.9. The summed E-state index contributed by atoms with van der Waals surface area (Å²) in [6, 6.07) is 0. The van der Waals surface area contributed by atoms with Gasteiger partial charge in [0.1, 0.15) is 0 Å². The van der Waals surface area contributed by atoms with Crippen LogP contribution in [-0.2, 0) is 4.79 Å². The van der Waals surface area contributed by atoms with Crippen molar-refractivity contribution in [2.75, 3.05) is 24.5 Å². The number of β-amino-alcohol motifs (C(OH)–C–C–N with tert-alkyl or cyclic N) is 1. The molecule has 0 saturated carbocycles. The third kappa shape index (κ3) is 6.57. The maximum absolute atomic E-state index is 12.1. The van der Waals surface area contributed by atoms with Crippen molar-refractivity contribution in [1.82, 2.24) is 20.8 Å². The fourth-order valence-electron chi connectivity index (χ4n) is 2.86. The van der Waals surface area contributed by atoms with Crippen molar-refractivity contribution in [3.05, 3.63) is 18.0 Å². The first-order valence-corrected chi connectivity index (χ1v) is 9.06. The van der Waals surface area contributed by atoms with E-state index in [1.54, 1.807) is 5.48 Å². The first kappa shape index (κ1) is 20.1. The molecule has 1 atom stereocenters. The number of hydrogen-bond acceptors (Lipinski definition) is 7. The van der Waals surface area contributed by atoms with E-state index in [1.807, 2.05) is 4.90 Å². The number of nitrogens with one attached hydrogen (secondary N) is 2. The number of rotatable bonds is 9. The second-order valence-corrected chi connectivity index (χ2v) is 6.47. The van der Waals surface area contributed by atoms with Gasteiger partial charge >= 0.3 is 0 Å². The van der Waals surface area contributed by atoms with Crippen molar-refractivity contribution in [2.45, 2.75) is 51.0 Å². The Labute approximate surface area is 152 Å². The molecule has 9 heteroatoms. The van der Waals surface area contributed by atoms with Gasteiger partial charge in [-0.05, 0) is 25.7 Å². The van der Waals surface area contributed by atoms with Crippen molar-refractivity contribution in [3.63, 3.8) is 0 Å². The van der Waals surface area contributed by atoms with E-state index in [2.05, 4.69) is 15.3 Å². The lowest BCUT2D eigenvalue weighted by molar-refractivity contribution is -0.129. The number of piperidine rings is 1. The SMILES string of the molecule is O=C(CCCCCCNC(=O)c1cnc(N2CCC[C@@H](O)C2)nc1)NO. The summed E-state index contributed by atoms with van der Waals surface area (Å²) in [5.41, 5.74) is 2.01. The Bertz CT molecular complexity index is 581. The first-order valence-electron chi connectivity index (χ1n) is 9.06. The number of aromatic nitrogens is 2. The number of aliphatic hydroxyl groups excluding tert-OH is 1. The highest BCUT2D eigenvalue weighted by molar-refractivity contribution is 5.93. The lowest BCUT2D eigenvalue weighted by Crippen LogP contribution is -2.39. The molecule has 2 heterocycles. The lowest BCUT2D eigenvalue weighted by atomic mass is 10.1. The van der Waals surface area contributed by atoms with Crippen molar-refractivity contribution in [2.24, 2.45) is 0 Å². The predicted molar refractivity (Wildman–Crippen MR) is 94.8 cm³/mol. The monoisotopic (exact) mass is 365 g/mol. The predicted octanol–water partition coefficient (Wildman–Crippen LogP) is 0.623. The second kappa shape index (κ2) is 10.7. The summed E-state index contributed by atoms with van der Waals surface area (Å²) in [6.45, 7) is 1.87. The molecule has 9 nitrogen and oxygen atoms in total. The van der Waals surface area contributed by atoms with Gasteiger partial charge in [0.25, 0.3) is 5.91 Å². The fourth-order valence-corrected chi connectivity index (χ4v) is 2.86. The molecule has 1 aliphatic heterocycles. The van der Waals surface area contributed by atoms with E-state index in [4.69, 9.17) is 5.21 Å². The fraction of sp³-hybridized carbons (Fsp3) is 0.647. The Morgan fingerprint density at radius 1 is 1.19 bits per heavy atom. The van der Waals surface area contributed by atoms with E-state index >= 15 is 0 Å². The van der Waals surface area contributed by atoms with Gasteiger partial charge < -0.3 is 15.3 Å².